The molecule has 2 aromatic carbocycles. The van der Waals surface area contributed by atoms with Crippen molar-refractivity contribution in [2.75, 3.05) is 20.3 Å². The Morgan fingerprint density at radius 1 is 1.10 bits per heavy atom. The first-order valence-electron chi connectivity index (χ1n) is 9.99. The van der Waals surface area contributed by atoms with Gasteiger partial charge in [0.2, 0.25) is 5.91 Å². The predicted octanol–water partition coefficient (Wildman–Crippen LogP) is 4.21. The van der Waals surface area contributed by atoms with E-state index in [-0.39, 0.29) is 24.8 Å². The van der Waals surface area contributed by atoms with Crippen molar-refractivity contribution in [3.8, 4) is 11.5 Å². The smallest absolute Gasteiger partial charge is 0.251 e. The molecule has 162 valence electrons. The van der Waals surface area contributed by atoms with Crippen molar-refractivity contribution in [1.29, 1.82) is 0 Å². The Kier molecular flexibility index (Phi) is 9.48. The molecule has 0 unspecified atom stereocenters. The maximum Gasteiger partial charge on any atom is 0.251 e. The summed E-state index contributed by atoms with van der Waals surface area (Å²) >= 11 is 6.31. The number of rotatable bonds is 11. The molecule has 0 aromatic heterocycles. The number of halogens is 1. The van der Waals surface area contributed by atoms with Gasteiger partial charge in [0.1, 0.15) is 0 Å². The molecule has 0 bridgehead atoms. The van der Waals surface area contributed by atoms with Gasteiger partial charge in [0.05, 0.1) is 18.7 Å². The zero-order valence-corrected chi connectivity index (χ0v) is 18.4. The second kappa shape index (κ2) is 12.1. The van der Waals surface area contributed by atoms with E-state index in [9.17, 15) is 9.59 Å². The SMILES string of the molecule is COc1cc(C(=O)NCCC(=O)NCc2ccccc2)cc(Cl)c1OCCC(C)C. The van der Waals surface area contributed by atoms with E-state index >= 15 is 0 Å². The zero-order valence-electron chi connectivity index (χ0n) is 17.7. The van der Waals surface area contributed by atoms with Crippen LogP contribution in [-0.2, 0) is 11.3 Å². The molecule has 2 amide bonds. The average molecular weight is 433 g/mol. The molecule has 0 fully saturated rings. The lowest BCUT2D eigenvalue weighted by Crippen LogP contribution is -2.30. The average Bonchev–Trinajstić information content (AvgIpc) is 2.73. The van der Waals surface area contributed by atoms with Crippen molar-refractivity contribution < 1.29 is 19.1 Å². The van der Waals surface area contributed by atoms with Gasteiger partial charge < -0.3 is 20.1 Å². The predicted molar refractivity (Wildman–Crippen MR) is 118 cm³/mol. The maximum absolute atomic E-state index is 12.4. The molecule has 7 heteroatoms. The van der Waals surface area contributed by atoms with Crippen LogP contribution in [0.2, 0.25) is 5.02 Å². The molecule has 0 spiro atoms. The van der Waals surface area contributed by atoms with Gasteiger partial charge in [-0.15, -0.1) is 0 Å². The third-order valence-electron chi connectivity index (χ3n) is 4.40. The summed E-state index contributed by atoms with van der Waals surface area (Å²) in [4.78, 5) is 24.4. The number of carbonyl (C=O) groups excluding carboxylic acids is 2. The fourth-order valence-electron chi connectivity index (χ4n) is 2.66. The molecule has 30 heavy (non-hydrogen) atoms. The van der Waals surface area contributed by atoms with Gasteiger partial charge in [-0.3, -0.25) is 9.59 Å². The fourth-order valence-corrected chi connectivity index (χ4v) is 2.93. The minimum atomic E-state index is -0.334. The van der Waals surface area contributed by atoms with E-state index in [4.69, 9.17) is 21.1 Å². The number of ether oxygens (including phenoxy) is 2. The van der Waals surface area contributed by atoms with Gasteiger partial charge in [0, 0.05) is 25.1 Å². The van der Waals surface area contributed by atoms with E-state index in [0.717, 1.165) is 12.0 Å². The molecule has 0 aliphatic carbocycles. The number of hydrogen-bond donors (Lipinski definition) is 2. The maximum atomic E-state index is 12.4. The third kappa shape index (κ3) is 7.59. The van der Waals surface area contributed by atoms with Crippen LogP contribution in [0.3, 0.4) is 0 Å². The summed E-state index contributed by atoms with van der Waals surface area (Å²) in [7, 11) is 1.50. The minimum absolute atomic E-state index is 0.135. The van der Waals surface area contributed by atoms with Crippen molar-refractivity contribution in [1.82, 2.24) is 10.6 Å². The Bertz CT molecular complexity index is 841. The lowest BCUT2D eigenvalue weighted by atomic mass is 10.1. The Morgan fingerprint density at radius 3 is 2.50 bits per heavy atom. The highest BCUT2D eigenvalue weighted by molar-refractivity contribution is 6.32. The van der Waals surface area contributed by atoms with Crippen LogP contribution in [0.1, 0.15) is 42.6 Å². The van der Waals surface area contributed by atoms with E-state index in [1.54, 1.807) is 12.1 Å². The molecule has 0 aliphatic heterocycles. The molecule has 6 nitrogen and oxygen atoms in total. The Hall–Kier alpha value is -2.73. The second-order valence-electron chi connectivity index (χ2n) is 7.29. The van der Waals surface area contributed by atoms with Crippen LogP contribution in [0.15, 0.2) is 42.5 Å². The van der Waals surface area contributed by atoms with Crippen LogP contribution in [0.25, 0.3) is 0 Å². The van der Waals surface area contributed by atoms with Gasteiger partial charge in [0.15, 0.2) is 11.5 Å². The monoisotopic (exact) mass is 432 g/mol. The molecule has 0 heterocycles. The fraction of sp³-hybridized carbons (Fsp3) is 0.391. The molecule has 0 saturated carbocycles. The Balaban J connectivity index is 1.85. The number of methoxy groups -OCH3 is 1. The number of hydrogen-bond acceptors (Lipinski definition) is 4. The molecular weight excluding hydrogens is 404 g/mol. The molecular formula is C23H29ClN2O4. The quantitative estimate of drug-likeness (QED) is 0.557. The van der Waals surface area contributed by atoms with Crippen molar-refractivity contribution in [3.05, 3.63) is 58.6 Å². The molecule has 0 saturated heterocycles. The Morgan fingerprint density at radius 2 is 1.83 bits per heavy atom. The standard InChI is InChI=1S/C23H29ClN2O4/c1-16(2)10-12-30-22-19(24)13-18(14-20(22)29-3)23(28)25-11-9-21(27)26-15-17-7-5-4-6-8-17/h4-8,13-14,16H,9-12,15H2,1-3H3,(H,25,28)(H,26,27). The number of amides is 2. The van der Waals surface area contributed by atoms with Crippen LogP contribution in [-0.4, -0.2) is 32.1 Å². The van der Waals surface area contributed by atoms with Crippen molar-refractivity contribution in [2.45, 2.75) is 33.2 Å². The van der Waals surface area contributed by atoms with Crippen LogP contribution in [0, 0.1) is 5.92 Å². The van der Waals surface area contributed by atoms with E-state index in [1.807, 2.05) is 30.3 Å². The van der Waals surface area contributed by atoms with Crippen molar-refractivity contribution in [3.63, 3.8) is 0 Å². The van der Waals surface area contributed by atoms with E-state index in [2.05, 4.69) is 24.5 Å². The van der Waals surface area contributed by atoms with Crippen molar-refractivity contribution in [2.24, 2.45) is 5.92 Å². The largest absolute Gasteiger partial charge is 0.493 e. The van der Waals surface area contributed by atoms with Gasteiger partial charge in [0.25, 0.3) is 5.91 Å². The van der Waals surface area contributed by atoms with Gasteiger partial charge in [-0.1, -0.05) is 55.8 Å². The van der Waals surface area contributed by atoms with Crippen LogP contribution < -0.4 is 20.1 Å². The summed E-state index contributed by atoms with van der Waals surface area (Å²) in [5.74, 6) is 0.863. The molecule has 0 radical (unpaired) electrons. The second-order valence-corrected chi connectivity index (χ2v) is 7.70. The first kappa shape index (κ1) is 23.5. The molecule has 2 rings (SSSR count). The molecule has 2 aromatic rings. The topological polar surface area (TPSA) is 76.7 Å². The van der Waals surface area contributed by atoms with Gasteiger partial charge in [-0.25, -0.2) is 0 Å². The summed E-state index contributed by atoms with van der Waals surface area (Å²) < 4.78 is 11.1. The number of nitrogens with one attached hydrogen (secondary N) is 2. The van der Waals surface area contributed by atoms with E-state index in [0.29, 0.717) is 41.2 Å². The molecule has 0 atom stereocenters. The van der Waals surface area contributed by atoms with Crippen LogP contribution >= 0.6 is 11.6 Å². The van der Waals surface area contributed by atoms with Gasteiger partial charge >= 0.3 is 0 Å². The highest BCUT2D eigenvalue weighted by Gasteiger charge is 2.16. The van der Waals surface area contributed by atoms with Gasteiger partial charge in [-0.05, 0) is 30.0 Å². The van der Waals surface area contributed by atoms with Gasteiger partial charge in [-0.2, -0.15) is 0 Å². The van der Waals surface area contributed by atoms with E-state index in [1.165, 1.54) is 7.11 Å². The molecule has 0 aliphatic rings. The normalized spacial score (nSPS) is 10.6. The number of benzene rings is 2. The zero-order chi connectivity index (χ0) is 21.9. The summed E-state index contributed by atoms with van der Waals surface area (Å²) in [6.07, 6.45) is 1.06. The lowest BCUT2D eigenvalue weighted by molar-refractivity contribution is -0.121. The number of carbonyl (C=O) groups is 2. The third-order valence-corrected chi connectivity index (χ3v) is 4.68. The van der Waals surface area contributed by atoms with E-state index < -0.39 is 0 Å². The first-order chi connectivity index (χ1) is 14.4. The summed E-state index contributed by atoms with van der Waals surface area (Å²) in [5, 5.41) is 5.87. The minimum Gasteiger partial charge on any atom is -0.493 e. The Labute approximate surface area is 182 Å². The van der Waals surface area contributed by atoms with Crippen LogP contribution in [0.5, 0.6) is 11.5 Å². The summed E-state index contributed by atoms with van der Waals surface area (Å²) in [5.41, 5.74) is 1.37. The molecule has 2 N–H and O–H groups in total. The summed E-state index contributed by atoms with van der Waals surface area (Å²) in [6, 6.07) is 12.8. The first-order valence-corrected chi connectivity index (χ1v) is 10.4. The lowest BCUT2D eigenvalue weighted by Gasteiger charge is -2.15. The van der Waals surface area contributed by atoms with Crippen molar-refractivity contribution >= 4 is 23.4 Å². The highest BCUT2D eigenvalue weighted by Crippen LogP contribution is 2.36. The van der Waals surface area contributed by atoms with Crippen LogP contribution in [0.4, 0.5) is 0 Å². The highest BCUT2D eigenvalue weighted by atomic mass is 35.5. The summed E-state index contributed by atoms with van der Waals surface area (Å²) in [6.45, 7) is 5.40.